The van der Waals surface area contributed by atoms with E-state index in [0.29, 0.717) is 0 Å². The van der Waals surface area contributed by atoms with Gasteiger partial charge < -0.3 is 0 Å². The van der Waals surface area contributed by atoms with Crippen LogP contribution in [-0.2, 0) is 0 Å². The van der Waals surface area contributed by atoms with Crippen molar-refractivity contribution in [3.05, 3.63) is 10.2 Å². The molecule has 0 spiro atoms. The molecule has 0 rings (SSSR count). The topological polar surface area (TPSA) is 12.4 Å². The predicted molar refractivity (Wildman–Crippen MR) is 46.1 cm³/mol. The zero-order chi connectivity index (χ0) is 7.28. The summed E-state index contributed by atoms with van der Waals surface area (Å²) in [6, 6.07) is 0. The quantitative estimate of drug-likeness (QED) is 0.468. The molecule has 0 amide bonds. The molecule has 0 atom stereocenters. The van der Waals surface area contributed by atoms with Gasteiger partial charge in [-0.2, -0.15) is 0 Å². The van der Waals surface area contributed by atoms with Gasteiger partial charge in [0.05, 0.1) is 0 Å². The van der Waals surface area contributed by atoms with E-state index in [-0.39, 0.29) is 0 Å². The van der Waals surface area contributed by atoms with Crippen LogP contribution in [0.5, 0.6) is 0 Å². The molecule has 52 valence electrons. The molecule has 1 nitrogen and oxygen atoms in total. The number of halogens is 1. The van der Waals surface area contributed by atoms with Crippen molar-refractivity contribution in [1.82, 2.24) is 0 Å². The van der Waals surface area contributed by atoms with Gasteiger partial charge in [-0.3, -0.25) is 4.99 Å². The van der Waals surface area contributed by atoms with Gasteiger partial charge in [-0.05, 0) is 41.8 Å². The van der Waals surface area contributed by atoms with Crippen LogP contribution >= 0.6 is 15.9 Å². The Morgan fingerprint density at radius 2 is 2.11 bits per heavy atom. The highest BCUT2D eigenvalue weighted by Crippen LogP contribution is 2.11. The van der Waals surface area contributed by atoms with Gasteiger partial charge in [0.2, 0.25) is 0 Å². The molecular weight excluding hydrogens is 178 g/mol. The Morgan fingerprint density at radius 1 is 1.56 bits per heavy atom. The summed E-state index contributed by atoms with van der Waals surface area (Å²) in [5, 5.41) is 0. The van der Waals surface area contributed by atoms with Crippen LogP contribution in [0, 0.1) is 0 Å². The molecule has 0 aromatic heterocycles. The van der Waals surface area contributed by atoms with Crippen LogP contribution in [0.4, 0.5) is 0 Å². The highest BCUT2D eigenvalue weighted by atomic mass is 79.9. The lowest BCUT2D eigenvalue weighted by Gasteiger charge is -1.90. The molecule has 0 unspecified atom stereocenters. The van der Waals surface area contributed by atoms with Crippen molar-refractivity contribution >= 4 is 22.1 Å². The Balaban J connectivity index is 3.91. The summed E-state index contributed by atoms with van der Waals surface area (Å²) in [7, 11) is 0. The van der Waals surface area contributed by atoms with E-state index >= 15 is 0 Å². The maximum absolute atomic E-state index is 4.11. The summed E-state index contributed by atoms with van der Waals surface area (Å²) < 4.78 is 0.948. The Kier molecular flexibility index (Phi) is 4.68. The van der Waals surface area contributed by atoms with Gasteiger partial charge in [-0.25, -0.2) is 0 Å². The van der Waals surface area contributed by atoms with E-state index in [1.165, 1.54) is 5.57 Å². The maximum atomic E-state index is 4.11. The van der Waals surface area contributed by atoms with Crippen molar-refractivity contribution in [3.63, 3.8) is 0 Å². The second kappa shape index (κ2) is 4.74. The fourth-order valence-electron chi connectivity index (χ4n) is 0.301. The van der Waals surface area contributed by atoms with Crippen molar-refractivity contribution in [1.29, 1.82) is 0 Å². The first-order valence-corrected chi connectivity index (χ1v) is 3.83. The number of hydrogen-bond donors (Lipinski definition) is 0. The molecular formula is C7H12BrN. The summed E-state index contributed by atoms with van der Waals surface area (Å²) in [6.45, 7) is 6.11. The van der Waals surface area contributed by atoms with E-state index in [1.54, 1.807) is 0 Å². The molecule has 0 aliphatic rings. The molecule has 0 radical (unpaired) electrons. The fourth-order valence-corrected chi connectivity index (χ4v) is 0.445. The van der Waals surface area contributed by atoms with Crippen molar-refractivity contribution in [2.75, 3.05) is 0 Å². The number of hydrogen-bond acceptors (Lipinski definition) is 1. The zero-order valence-corrected chi connectivity index (χ0v) is 7.70. The minimum absolute atomic E-state index is 0.948. The minimum Gasteiger partial charge on any atom is -0.254 e. The average molecular weight is 190 g/mol. The lowest BCUT2D eigenvalue weighted by atomic mass is 10.4. The summed E-state index contributed by atoms with van der Waals surface area (Å²) in [5.41, 5.74) is 1.21. The molecule has 9 heavy (non-hydrogen) atoms. The number of aliphatic imine (C=N–C) groups is 1. The van der Waals surface area contributed by atoms with Gasteiger partial charge in [-0.15, -0.1) is 0 Å². The molecule has 0 N–H and O–H groups in total. The van der Waals surface area contributed by atoms with Gasteiger partial charge in [0, 0.05) is 6.21 Å². The van der Waals surface area contributed by atoms with Crippen molar-refractivity contribution in [2.24, 2.45) is 4.99 Å². The first kappa shape index (κ1) is 8.89. The van der Waals surface area contributed by atoms with Gasteiger partial charge in [0.25, 0.3) is 0 Å². The zero-order valence-electron chi connectivity index (χ0n) is 6.11. The summed E-state index contributed by atoms with van der Waals surface area (Å²) in [6.07, 6.45) is 2.87. The van der Waals surface area contributed by atoms with E-state index in [0.717, 1.165) is 11.0 Å². The van der Waals surface area contributed by atoms with E-state index in [9.17, 15) is 0 Å². The van der Waals surface area contributed by atoms with E-state index < -0.39 is 0 Å². The van der Waals surface area contributed by atoms with Gasteiger partial charge in [0.15, 0.2) is 0 Å². The molecule has 0 saturated heterocycles. The van der Waals surface area contributed by atoms with Crippen molar-refractivity contribution < 1.29 is 0 Å². The molecule has 0 aromatic rings. The van der Waals surface area contributed by atoms with Crippen LogP contribution in [-0.4, -0.2) is 6.21 Å². The number of nitrogens with zero attached hydrogens (tertiary/aromatic N) is 1. The smallest absolute Gasteiger partial charge is 0.104 e. The van der Waals surface area contributed by atoms with E-state index in [2.05, 4.69) is 27.8 Å². The molecule has 2 heteroatoms. The largest absolute Gasteiger partial charge is 0.254 e. The Morgan fingerprint density at radius 3 is 2.44 bits per heavy atom. The van der Waals surface area contributed by atoms with Crippen LogP contribution < -0.4 is 0 Å². The molecule has 0 aliphatic carbocycles. The van der Waals surface area contributed by atoms with Gasteiger partial charge in [0.1, 0.15) is 4.61 Å². The minimum atomic E-state index is 0.948. The SMILES string of the molecule is CCC=NC(Br)=C(C)C. The maximum Gasteiger partial charge on any atom is 0.104 e. The van der Waals surface area contributed by atoms with Gasteiger partial charge >= 0.3 is 0 Å². The van der Waals surface area contributed by atoms with Crippen LogP contribution in [0.15, 0.2) is 15.2 Å². The molecule has 0 saturated carbocycles. The second-order valence-electron chi connectivity index (χ2n) is 2.01. The van der Waals surface area contributed by atoms with Crippen LogP contribution in [0.25, 0.3) is 0 Å². The third-order valence-corrected chi connectivity index (χ3v) is 1.80. The Labute approximate surface area is 65.0 Å². The molecule has 0 aliphatic heterocycles. The Hall–Kier alpha value is -0.110. The van der Waals surface area contributed by atoms with Crippen molar-refractivity contribution in [3.8, 4) is 0 Å². The third kappa shape index (κ3) is 4.40. The number of allylic oxidation sites excluding steroid dienone is 1. The first-order chi connectivity index (χ1) is 4.18. The van der Waals surface area contributed by atoms with Gasteiger partial charge in [-0.1, -0.05) is 6.92 Å². The van der Waals surface area contributed by atoms with E-state index in [4.69, 9.17) is 0 Å². The van der Waals surface area contributed by atoms with Crippen LogP contribution in [0.3, 0.4) is 0 Å². The molecule has 0 heterocycles. The highest BCUT2D eigenvalue weighted by Gasteiger charge is 1.85. The highest BCUT2D eigenvalue weighted by molar-refractivity contribution is 9.11. The van der Waals surface area contributed by atoms with Crippen LogP contribution in [0.2, 0.25) is 0 Å². The Bertz CT molecular complexity index is 132. The summed E-state index contributed by atoms with van der Waals surface area (Å²) in [5.74, 6) is 0. The lowest BCUT2D eigenvalue weighted by Crippen LogP contribution is -1.72. The summed E-state index contributed by atoms with van der Waals surface area (Å²) >= 11 is 3.32. The predicted octanol–water partition coefficient (Wildman–Crippen LogP) is 3.11. The molecule has 0 bridgehead atoms. The number of rotatable bonds is 2. The second-order valence-corrected chi connectivity index (χ2v) is 2.76. The third-order valence-electron chi connectivity index (χ3n) is 0.800. The van der Waals surface area contributed by atoms with Crippen LogP contribution in [0.1, 0.15) is 27.2 Å². The first-order valence-electron chi connectivity index (χ1n) is 3.04. The average Bonchev–Trinajstić information content (AvgIpc) is 1.82. The summed E-state index contributed by atoms with van der Waals surface area (Å²) in [4.78, 5) is 4.11. The van der Waals surface area contributed by atoms with E-state index in [1.807, 2.05) is 20.1 Å². The monoisotopic (exact) mass is 189 g/mol. The molecule has 0 aromatic carbocycles. The van der Waals surface area contributed by atoms with Crippen molar-refractivity contribution in [2.45, 2.75) is 27.2 Å². The fraction of sp³-hybridized carbons (Fsp3) is 0.571. The molecule has 0 fully saturated rings. The lowest BCUT2D eigenvalue weighted by molar-refractivity contribution is 1.28. The standard InChI is InChI=1S/C7H12BrN/c1-4-5-9-7(8)6(2)3/h5H,4H2,1-3H3. The normalized spacial score (nSPS) is 10.2.